The molecule has 0 aliphatic heterocycles. The van der Waals surface area contributed by atoms with Crippen molar-refractivity contribution in [2.75, 3.05) is 40.9 Å². The highest BCUT2D eigenvalue weighted by Crippen LogP contribution is 2.38. The van der Waals surface area contributed by atoms with E-state index in [0.29, 0.717) is 17.4 Å². The molecule has 0 heterocycles. The zero-order valence-corrected chi connectivity index (χ0v) is 58.5. The Bertz CT molecular complexity index is 1950. The second-order valence-electron chi connectivity index (χ2n) is 25.2. The van der Waals surface area contributed by atoms with Gasteiger partial charge in [0.1, 0.15) is 13.2 Å². The van der Waals surface area contributed by atoms with E-state index in [4.69, 9.17) is 9.05 Å². The number of phosphoric acid groups is 1. The third-order valence-corrected chi connectivity index (χ3v) is 16.5. The van der Waals surface area contributed by atoms with Gasteiger partial charge in [-0.05, 0) is 109 Å². The zero-order chi connectivity index (χ0) is 64.1. The van der Waals surface area contributed by atoms with Crippen molar-refractivity contribution >= 4 is 13.7 Å². The third kappa shape index (κ3) is 69.8. The van der Waals surface area contributed by atoms with Crippen molar-refractivity contribution in [3.8, 4) is 0 Å². The number of likely N-dealkylation sites (N-methyl/N-ethyl adjacent to an activating group) is 1. The Morgan fingerprint density at radius 1 is 0.409 bits per heavy atom. The highest BCUT2D eigenvalue weighted by Gasteiger charge is 2.23. The SMILES string of the molecule is CC/C=C\C/C=C\C/C=C\C/C=C\C/C=C\C/C=C\C/C=C\C/C=C\C/C=C\C/C=C\CCCCCCCCCCCCC(=O)NC(COP(=O)([O-])OCC[N+](C)(C)C)C(O)/C=C/CC/C=C/CCCCCCCCCCCCCCCCCCCCC. The van der Waals surface area contributed by atoms with E-state index in [-0.39, 0.29) is 12.5 Å². The quantitative estimate of drug-likeness (QED) is 0.0272. The van der Waals surface area contributed by atoms with E-state index in [1.165, 1.54) is 161 Å². The van der Waals surface area contributed by atoms with Gasteiger partial charge in [0.25, 0.3) is 7.82 Å². The van der Waals surface area contributed by atoms with Gasteiger partial charge in [0.05, 0.1) is 39.9 Å². The van der Waals surface area contributed by atoms with Crippen molar-refractivity contribution in [3.63, 3.8) is 0 Å². The number of amides is 1. The average Bonchev–Trinajstić information content (AvgIpc) is 3.71. The van der Waals surface area contributed by atoms with E-state index >= 15 is 0 Å². The van der Waals surface area contributed by atoms with Gasteiger partial charge in [-0.3, -0.25) is 9.36 Å². The molecule has 8 nitrogen and oxygen atoms in total. The molecule has 3 unspecified atom stereocenters. The minimum atomic E-state index is -4.62. The number of carbonyl (C=O) groups is 1. The number of unbranched alkanes of at least 4 members (excludes halogenated alkanes) is 30. The van der Waals surface area contributed by atoms with Gasteiger partial charge in [-0.25, -0.2) is 0 Å². The number of quaternary nitrogens is 1. The first-order valence-electron chi connectivity index (χ1n) is 36.2. The molecule has 0 aliphatic carbocycles. The lowest BCUT2D eigenvalue weighted by Crippen LogP contribution is -2.45. The summed E-state index contributed by atoms with van der Waals surface area (Å²) < 4.78 is 23.4. The van der Waals surface area contributed by atoms with Crippen LogP contribution >= 0.6 is 7.82 Å². The topological polar surface area (TPSA) is 108 Å². The van der Waals surface area contributed by atoms with Crippen LogP contribution < -0.4 is 10.2 Å². The van der Waals surface area contributed by atoms with Crippen LogP contribution in [0, 0.1) is 0 Å². The van der Waals surface area contributed by atoms with Crippen molar-refractivity contribution in [2.24, 2.45) is 0 Å². The number of nitrogens with zero attached hydrogens (tertiary/aromatic N) is 1. The van der Waals surface area contributed by atoms with Gasteiger partial charge >= 0.3 is 0 Å². The fourth-order valence-electron chi connectivity index (χ4n) is 9.96. The maximum absolute atomic E-state index is 13.0. The van der Waals surface area contributed by atoms with E-state index in [1.54, 1.807) is 6.08 Å². The monoisotopic (exact) mass is 1240 g/mol. The molecule has 0 radical (unpaired) electrons. The van der Waals surface area contributed by atoms with Crippen LogP contribution in [0.1, 0.15) is 296 Å². The zero-order valence-electron chi connectivity index (χ0n) is 57.6. The molecule has 1 amide bonds. The van der Waals surface area contributed by atoms with Crippen LogP contribution in [0.25, 0.3) is 0 Å². The molecule has 0 aromatic carbocycles. The van der Waals surface area contributed by atoms with Gasteiger partial charge in [0.2, 0.25) is 5.91 Å². The molecule has 3 atom stereocenters. The number of hydrogen-bond donors (Lipinski definition) is 2. The van der Waals surface area contributed by atoms with Crippen molar-refractivity contribution < 1.29 is 32.9 Å². The number of carbonyl (C=O) groups excluding carboxylic acids is 1. The van der Waals surface area contributed by atoms with Gasteiger partial charge in [0, 0.05) is 6.42 Å². The number of allylic oxidation sites excluding steroid dienone is 23. The van der Waals surface area contributed by atoms with E-state index in [0.717, 1.165) is 116 Å². The van der Waals surface area contributed by atoms with E-state index < -0.39 is 26.6 Å². The van der Waals surface area contributed by atoms with Gasteiger partial charge < -0.3 is 28.8 Å². The highest BCUT2D eigenvalue weighted by molar-refractivity contribution is 7.45. The molecule has 504 valence electrons. The molecule has 0 aliphatic rings. The van der Waals surface area contributed by atoms with Crippen LogP contribution in [0.5, 0.6) is 0 Å². The average molecular weight is 1240 g/mol. The molecule has 88 heavy (non-hydrogen) atoms. The fourth-order valence-corrected chi connectivity index (χ4v) is 10.7. The van der Waals surface area contributed by atoms with Gasteiger partial charge in [-0.2, -0.15) is 0 Å². The lowest BCUT2D eigenvalue weighted by molar-refractivity contribution is -0.870. The van der Waals surface area contributed by atoms with Crippen LogP contribution in [-0.2, 0) is 18.4 Å². The van der Waals surface area contributed by atoms with Crippen LogP contribution in [0.4, 0.5) is 0 Å². The summed E-state index contributed by atoms with van der Waals surface area (Å²) in [6.07, 6.45) is 104. The number of phosphoric ester groups is 1. The number of hydrogen-bond acceptors (Lipinski definition) is 6. The number of aliphatic hydroxyl groups is 1. The maximum atomic E-state index is 13.0. The molecular weight excluding hydrogens is 1100 g/mol. The summed E-state index contributed by atoms with van der Waals surface area (Å²) in [6.45, 7) is 4.53. The Kier molecular flexibility index (Phi) is 65.0. The smallest absolute Gasteiger partial charge is 0.268 e. The van der Waals surface area contributed by atoms with Gasteiger partial charge in [0.15, 0.2) is 0 Å². The third-order valence-electron chi connectivity index (χ3n) is 15.5. The summed E-state index contributed by atoms with van der Waals surface area (Å²) in [7, 11) is 1.23. The highest BCUT2D eigenvalue weighted by atomic mass is 31.2. The minimum Gasteiger partial charge on any atom is -0.756 e. The van der Waals surface area contributed by atoms with E-state index in [2.05, 4.69) is 153 Å². The van der Waals surface area contributed by atoms with E-state index in [1.807, 2.05) is 27.2 Å². The van der Waals surface area contributed by atoms with Crippen molar-refractivity contribution in [1.82, 2.24) is 5.32 Å². The lowest BCUT2D eigenvalue weighted by Gasteiger charge is -2.29. The Hall–Kier alpha value is -3.62. The molecule has 0 bridgehead atoms. The predicted molar refractivity (Wildman–Crippen MR) is 385 cm³/mol. The first-order chi connectivity index (χ1) is 43.0. The van der Waals surface area contributed by atoms with Crippen LogP contribution in [-0.4, -0.2) is 68.5 Å². The molecule has 9 heteroatoms. The largest absolute Gasteiger partial charge is 0.756 e. The summed E-state index contributed by atoms with van der Waals surface area (Å²) in [5.74, 6) is -0.215. The molecule has 0 aromatic heterocycles. The molecule has 0 fully saturated rings. The number of nitrogens with one attached hydrogen (secondary N) is 1. The molecular formula is C79H137N2O6P. The van der Waals surface area contributed by atoms with Crippen molar-refractivity contribution in [2.45, 2.75) is 309 Å². The summed E-state index contributed by atoms with van der Waals surface area (Å²) in [4.78, 5) is 25.6. The lowest BCUT2D eigenvalue weighted by atomic mass is 10.0. The van der Waals surface area contributed by atoms with E-state index in [9.17, 15) is 19.4 Å². The Morgan fingerprint density at radius 3 is 1.06 bits per heavy atom. The van der Waals surface area contributed by atoms with Gasteiger partial charge in [-0.15, -0.1) is 0 Å². The predicted octanol–water partition coefficient (Wildman–Crippen LogP) is 22.9. The first-order valence-corrected chi connectivity index (χ1v) is 37.7. The molecule has 2 N–H and O–H groups in total. The standard InChI is InChI=1S/C79H137N2O6P/c1-6-8-10-12-14-16-18-20-22-24-26-28-30-32-33-34-35-36-37-38-39-40-41-42-43-44-45-46-47-49-51-53-55-57-59-61-63-65-67-69-71-73-79(83)80-77(76-87-88(84,85)86-75-74-81(3,4)5)78(82)72-70-68-66-64-62-60-58-56-54-52-50-48-31-29-27-25-23-21-19-17-15-13-11-9-7-2/h8,10,14,16,20,22,26,28,32-33,35-36,38-39,41-42,44-45,47,49,62,64,70,72,77-78,82H,6-7,9,11-13,15,17-19,21,23-25,27,29-31,34,37,40,43,46,48,50-61,63,65-69,71,73-76H2,1-5H3,(H-,80,83,84,85)/b10-8-,16-14-,22-20-,28-26-,33-32-,36-35-,39-38-,42-41-,45-44-,49-47-,64-62+,72-70+. The molecule has 0 aromatic rings. The Labute approximate surface area is 544 Å². The summed E-state index contributed by atoms with van der Waals surface area (Å²) in [5, 5.41) is 13.9. The summed E-state index contributed by atoms with van der Waals surface area (Å²) in [6, 6.07) is -0.917. The molecule has 0 rings (SSSR count). The van der Waals surface area contributed by atoms with Crippen molar-refractivity contribution in [1.29, 1.82) is 0 Å². The summed E-state index contributed by atoms with van der Waals surface area (Å²) >= 11 is 0. The Balaban J connectivity index is 4.14. The minimum absolute atomic E-state index is 0.0133. The first kappa shape index (κ1) is 84.4. The number of aliphatic hydroxyl groups excluding tert-OH is 1. The fraction of sp³-hybridized carbons (Fsp3) is 0.684. The van der Waals surface area contributed by atoms with Crippen LogP contribution in [0.15, 0.2) is 146 Å². The van der Waals surface area contributed by atoms with Crippen LogP contribution in [0.3, 0.4) is 0 Å². The number of rotatable bonds is 65. The van der Waals surface area contributed by atoms with Crippen LogP contribution in [0.2, 0.25) is 0 Å². The van der Waals surface area contributed by atoms with Gasteiger partial charge in [-0.1, -0.05) is 327 Å². The van der Waals surface area contributed by atoms with Crippen molar-refractivity contribution in [3.05, 3.63) is 146 Å². The molecule has 0 spiro atoms. The second-order valence-corrected chi connectivity index (χ2v) is 26.6. The normalized spacial score (nSPS) is 14.5. The maximum Gasteiger partial charge on any atom is 0.268 e. The second kappa shape index (κ2) is 67.8. The molecule has 0 saturated carbocycles. The Morgan fingerprint density at radius 2 is 0.705 bits per heavy atom. The molecule has 0 saturated heterocycles. The summed E-state index contributed by atoms with van der Waals surface area (Å²) in [5.41, 5.74) is 0.